The van der Waals surface area contributed by atoms with Gasteiger partial charge in [0.2, 0.25) is 15.9 Å². The van der Waals surface area contributed by atoms with Crippen molar-refractivity contribution < 1.29 is 35.5 Å². The molecule has 0 bridgehead atoms. The van der Waals surface area contributed by atoms with Crippen LogP contribution in [0.4, 0.5) is 21.5 Å². The largest absolute Gasteiger partial charge is 0.497 e. The SMILES string of the molecule is COc1ccc(N(CC(=O)Nc2ccc(S(=O)(=O)Nc3ccc(F)cc3)cc2)S(C)(=O)=O)c(OC)c1. The van der Waals surface area contributed by atoms with Crippen LogP contribution in [0.2, 0.25) is 0 Å². The zero-order valence-corrected chi connectivity index (χ0v) is 21.2. The fraction of sp³-hybridized carbons (Fsp3) is 0.174. The molecule has 0 aliphatic rings. The van der Waals surface area contributed by atoms with Gasteiger partial charge in [0.15, 0.2) is 0 Å². The van der Waals surface area contributed by atoms with E-state index >= 15 is 0 Å². The van der Waals surface area contributed by atoms with Crippen LogP contribution < -0.4 is 23.8 Å². The molecule has 192 valence electrons. The van der Waals surface area contributed by atoms with Gasteiger partial charge in [-0.05, 0) is 60.7 Å². The van der Waals surface area contributed by atoms with Gasteiger partial charge < -0.3 is 14.8 Å². The molecule has 3 aromatic carbocycles. The summed E-state index contributed by atoms with van der Waals surface area (Å²) in [5, 5.41) is 2.54. The van der Waals surface area contributed by atoms with Gasteiger partial charge in [-0.3, -0.25) is 13.8 Å². The molecule has 36 heavy (non-hydrogen) atoms. The van der Waals surface area contributed by atoms with Gasteiger partial charge in [0.25, 0.3) is 10.0 Å². The lowest BCUT2D eigenvalue weighted by Crippen LogP contribution is -2.37. The first-order valence-electron chi connectivity index (χ1n) is 10.3. The molecular formula is C23H24FN3O7S2. The Kier molecular flexibility index (Phi) is 8.05. The molecule has 0 unspecified atom stereocenters. The molecule has 0 heterocycles. The summed E-state index contributed by atoms with van der Waals surface area (Å²) in [6.07, 6.45) is 0.956. The molecule has 0 atom stereocenters. The number of anilines is 3. The van der Waals surface area contributed by atoms with Crippen LogP contribution in [-0.4, -0.2) is 49.8 Å². The zero-order chi connectivity index (χ0) is 26.5. The van der Waals surface area contributed by atoms with E-state index in [1.165, 1.54) is 68.8 Å². The maximum absolute atomic E-state index is 13.0. The molecule has 0 fully saturated rings. The van der Waals surface area contributed by atoms with Crippen LogP contribution in [0.3, 0.4) is 0 Å². The highest BCUT2D eigenvalue weighted by atomic mass is 32.2. The number of hydrogen-bond acceptors (Lipinski definition) is 7. The minimum absolute atomic E-state index is 0.0921. The summed E-state index contributed by atoms with van der Waals surface area (Å²) in [5.74, 6) is -0.537. The van der Waals surface area contributed by atoms with Crippen molar-refractivity contribution >= 4 is 43.0 Å². The maximum atomic E-state index is 13.0. The fourth-order valence-corrected chi connectivity index (χ4v) is 5.07. The number of halogens is 1. The third-order valence-corrected chi connectivity index (χ3v) is 7.41. The molecule has 0 spiro atoms. The van der Waals surface area contributed by atoms with E-state index in [1.54, 1.807) is 0 Å². The summed E-state index contributed by atoms with van der Waals surface area (Å²) in [6, 6.07) is 14.5. The number of hydrogen-bond donors (Lipinski definition) is 2. The minimum Gasteiger partial charge on any atom is -0.497 e. The molecular weight excluding hydrogens is 513 g/mol. The van der Waals surface area contributed by atoms with E-state index in [1.807, 2.05) is 0 Å². The molecule has 0 aliphatic heterocycles. The number of methoxy groups -OCH3 is 2. The molecule has 13 heteroatoms. The predicted octanol–water partition coefficient (Wildman–Crippen LogP) is 3.05. The van der Waals surface area contributed by atoms with Gasteiger partial charge in [0.1, 0.15) is 23.9 Å². The molecule has 3 rings (SSSR count). The van der Waals surface area contributed by atoms with Crippen molar-refractivity contribution in [3.05, 3.63) is 72.5 Å². The van der Waals surface area contributed by atoms with Crippen LogP contribution in [0, 0.1) is 5.82 Å². The lowest BCUT2D eigenvalue weighted by molar-refractivity contribution is -0.114. The zero-order valence-electron chi connectivity index (χ0n) is 19.6. The average molecular weight is 538 g/mol. The maximum Gasteiger partial charge on any atom is 0.261 e. The quantitative estimate of drug-likeness (QED) is 0.406. The third kappa shape index (κ3) is 6.64. The Morgan fingerprint density at radius 3 is 2.06 bits per heavy atom. The van der Waals surface area contributed by atoms with Crippen LogP contribution >= 0.6 is 0 Å². The van der Waals surface area contributed by atoms with E-state index in [9.17, 15) is 26.0 Å². The summed E-state index contributed by atoms with van der Waals surface area (Å²) in [6.45, 7) is -0.562. The molecule has 2 N–H and O–H groups in total. The van der Waals surface area contributed by atoms with E-state index in [0.717, 1.165) is 22.7 Å². The van der Waals surface area contributed by atoms with Crippen molar-refractivity contribution in [2.45, 2.75) is 4.90 Å². The molecule has 0 saturated carbocycles. The summed E-state index contributed by atoms with van der Waals surface area (Å²) in [5.41, 5.74) is 0.573. The van der Waals surface area contributed by atoms with Crippen LogP contribution in [0.25, 0.3) is 0 Å². The molecule has 3 aromatic rings. The van der Waals surface area contributed by atoms with Gasteiger partial charge in [-0.1, -0.05) is 0 Å². The lowest BCUT2D eigenvalue weighted by Gasteiger charge is -2.24. The highest BCUT2D eigenvalue weighted by molar-refractivity contribution is 7.92. The second-order valence-corrected chi connectivity index (χ2v) is 11.1. The van der Waals surface area contributed by atoms with Gasteiger partial charge in [-0.15, -0.1) is 0 Å². The van der Waals surface area contributed by atoms with Gasteiger partial charge in [0.05, 0.1) is 31.1 Å². The van der Waals surface area contributed by atoms with Crippen LogP contribution in [0.1, 0.15) is 0 Å². The summed E-state index contributed by atoms with van der Waals surface area (Å²) in [4.78, 5) is 12.6. The fourth-order valence-electron chi connectivity index (χ4n) is 3.15. The normalized spacial score (nSPS) is 11.4. The van der Waals surface area contributed by atoms with Gasteiger partial charge in [-0.2, -0.15) is 0 Å². The third-order valence-electron chi connectivity index (χ3n) is 4.89. The summed E-state index contributed by atoms with van der Waals surface area (Å²) in [7, 11) is -5.02. The number of amides is 1. The number of carbonyl (C=O) groups is 1. The number of nitrogens with zero attached hydrogens (tertiary/aromatic N) is 1. The molecule has 10 nitrogen and oxygen atoms in total. The van der Waals surface area contributed by atoms with Gasteiger partial charge in [-0.25, -0.2) is 21.2 Å². The number of benzene rings is 3. The summed E-state index contributed by atoms with van der Waals surface area (Å²) >= 11 is 0. The standard InChI is InChI=1S/C23H24FN3O7S2/c1-33-19-10-13-21(22(14-19)34-2)27(35(3,29)30)15-23(28)25-17-8-11-20(12-9-17)36(31,32)26-18-6-4-16(24)5-7-18/h4-14,26H,15H2,1-3H3,(H,25,28). The van der Waals surface area contributed by atoms with E-state index in [4.69, 9.17) is 9.47 Å². The van der Waals surface area contributed by atoms with E-state index in [0.29, 0.717) is 5.75 Å². The topological polar surface area (TPSA) is 131 Å². The number of nitrogens with one attached hydrogen (secondary N) is 2. The highest BCUT2D eigenvalue weighted by Crippen LogP contribution is 2.33. The Morgan fingerprint density at radius 2 is 1.50 bits per heavy atom. The first-order chi connectivity index (χ1) is 16.9. The molecule has 0 radical (unpaired) electrons. The predicted molar refractivity (Wildman–Crippen MR) is 134 cm³/mol. The van der Waals surface area contributed by atoms with Crippen molar-refractivity contribution in [1.82, 2.24) is 0 Å². The molecule has 0 saturated heterocycles. The van der Waals surface area contributed by atoms with Crippen molar-refractivity contribution in [1.29, 1.82) is 0 Å². The number of carbonyl (C=O) groups excluding carboxylic acids is 1. The van der Waals surface area contributed by atoms with Crippen LogP contribution in [-0.2, 0) is 24.8 Å². The van der Waals surface area contributed by atoms with Crippen molar-refractivity contribution in [3.63, 3.8) is 0 Å². The second kappa shape index (κ2) is 10.8. The minimum atomic E-state index is -3.96. The smallest absolute Gasteiger partial charge is 0.261 e. The van der Waals surface area contributed by atoms with E-state index in [2.05, 4.69) is 10.0 Å². The number of sulfonamides is 2. The Labute approximate surface area is 208 Å². The first kappa shape index (κ1) is 26.8. The molecule has 0 aromatic heterocycles. The highest BCUT2D eigenvalue weighted by Gasteiger charge is 2.24. The Balaban J connectivity index is 1.74. The van der Waals surface area contributed by atoms with Gasteiger partial charge in [0, 0.05) is 17.4 Å². The lowest BCUT2D eigenvalue weighted by atomic mass is 10.2. The van der Waals surface area contributed by atoms with Crippen LogP contribution in [0.15, 0.2) is 71.6 Å². The number of rotatable bonds is 10. The van der Waals surface area contributed by atoms with Crippen molar-refractivity contribution in [3.8, 4) is 11.5 Å². The van der Waals surface area contributed by atoms with Crippen molar-refractivity contribution in [2.75, 3.05) is 41.4 Å². The van der Waals surface area contributed by atoms with E-state index < -0.39 is 38.3 Å². The Bertz CT molecular complexity index is 1440. The van der Waals surface area contributed by atoms with Crippen LogP contribution in [0.5, 0.6) is 11.5 Å². The monoisotopic (exact) mass is 537 g/mol. The second-order valence-electron chi connectivity index (χ2n) is 7.49. The Morgan fingerprint density at radius 1 is 0.889 bits per heavy atom. The van der Waals surface area contributed by atoms with Crippen molar-refractivity contribution in [2.24, 2.45) is 0 Å². The first-order valence-corrected chi connectivity index (χ1v) is 13.6. The van der Waals surface area contributed by atoms with Gasteiger partial charge >= 0.3 is 0 Å². The average Bonchev–Trinajstić information content (AvgIpc) is 2.83. The summed E-state index contributed by atoms with van der Waals surface area (Å²) < 4.78 is 76.6. The molecule has 1 amide bonds. The number of ether oxygens (including phenoxy) is 2. The molecule has 0 aliphatic carbocycles. The Hall–Kier alpha value is -3.84. The van der Waals surface area contributed by atoms with E-state index in [-0.39, 0.29) is 27.7 Å².